The highest BCUT2D eigenvalue weighted by atomic mass is 35.5. The second-order valence-corrected chi connectivity index (χ2v) is 4.42. The first-order chi connectivity index (χ1) is 7.25. The van der Waals surface area contributed by atoms with E-state index in [0.29, 0.717) is 11.2 Å². The Morgan fingerprint density at radius 2 is 2.40 bits per heavy atom. The van der Waals surface area contributed by atoms with Crippen LogP contribution < -0.4 is 5.32 Å². The smallest absolute Gasteiger partial charge is 0.142 e. The molecule has 2 aromatic rings. The van der Waals surface area contributed by atoms with E-state index in [1.54, 1.807) is 0 Å². The van der Waals surface area contributed by atoms with E-state index in [2.05, 4.69) is 27.9 Å². The van der Waals surface area contributed by atoms with Gasteiger partial charge >= 0.3 is 0 Å². The number of fused-ring (bicyclic) bond motifs is 3. The maximum atomic E-state index is 5.93. The van der Waals surface area contributed by atoms with Crippen molar-refractivity contribution in [1.82, 2.24) is 14.9 Å². The van der Waals surface area contributed by atoms with Crippen molar-refractivity contribution in [3.05, 3.63) is 29.0 Å². The van der Waals surface area contributed by atoms with Crippen LogP contribution in [-0.2, 0) is 6.54 Å². The third kappa shape index (κ3) is 1.34. The van der Waals surface area contributed by atoms with Gasteiger partial charge in [0.2, 0.25) is 0 Å². The summed E-state index contributed by atoms with van der Waals surface area (Å²) < 4.78 is 2.28. The normalized spacial score (nSPS) is 20.5. The van der Waals surface area contributed by atoms with E-state index in [1.165, 1.54) is 11.1 Å². The molecule has 1 unspecified atom stereocenters. The molecule has 1 aliphatic rings. The number of rotatable bonds is 0. The number of hydrogen-bond acceptors (Lipinski definition) is 2. The Balaban J connectivity index is 2.33. The fraction of sp³-hybridized carbons (Fsp3) is 0.364. The molecule has 3 nitrogen and oxygen atoms in total. The van der Waals surface area contributed by atoms with Crippen LogP contribution in [0.3, 0.4) is 0 Å². The Hall–Kier alpha value is -1.06. The predicted molar refractivity (Wildman–Crippen MR) is 61.2 cm³/mol. The van der Waals surface area contributed by atoms with Gasteiger partial charge in [0.25, 0.3) is 0 Å². The number of hydrogen-bond donors (Lipinski definition) is 1. The Morgan fingerprint density at radius 3 is 3.27 bits per heavy atom. The molecule has 4 heteroatoms. The molecule has 78 valence electrons. The van der Waals surface area contributed by atoms with Crippen molar-refractivity contribution in [2.75, 3.05) is 6.54 Å². The van der Waals surface area contributed by atoms with Crippen molar-refractivity contribution in [2.24, 2.45) is 0 Å². The lowest BCUT2D eigenvalue weighted by Gasteiger charge is -2.24. The molecule has 0 saturated carbocycles. The minimum absolute atomic E-state index is 0.442. The van der Waals surface area contributed by atoms with E-state index in [9.17, 15) is 0 Å². The van der Waals surface area contributed by atoms with Crippen molar-refractivity contribution in [2.45, 2.75) is 19.5 Å². The van der Waals surface area contributed by atoms with Gasteiger partial charge in [-0.3, -0.25) is 0 Å². The summed E-state index contributed by atoms with van der Waals surface area (Å²) >= 11 is 5.93. The van der Waals surface area contributed by atoms with Crippen LogP contribution in [-0.4, -0.2) is 16.1 Å². The summed E-state index contributed by atoms with van der Waals surface area (Å²) in [4.78, 5) is 4.40. The molecule has 2 aromatic heterocycles. The minimum atomic E-state index is 0.442. The van der Waals surface area contributed by atoms with Crippen molar-refractivity contribution >= 4 is 22.6 Å². The number of aromatic nitrogens is 2. The summed E-state index contributed by atoms with van der Waals surface area (Å²) in [6, 6.07) is 6.50. The van der Waals surface area contributed by atoms with Crippen LogP contribution in [0.1, 0.15) is 18.7 Å². The highest BCUT2D eigenvalue weighted by molar-refractivity contribution is 6.29. The van der Waals surface area contributed by atoms with Crippen LogP contribution in [0.4, 0.5) is 0 Å². The van der Waals surface area contributed by atoms with Gasteiger partial charge in [-0.2, -0.15) is 0 Å². The average molecular weight is 222 g/mol. The molecule has 1 aliphatic heterocycles. The van der Waals surface area contributed by atoms with Crippen molar-refractivity contribution < 1.29 is 0 Å². The minimum Gasteiger partial charge on any atom is -0.324 e. The number of nitrogens with one attached hydrogen (secondary N) is 1. The first-order valence-corrected chi connectivity index (χ1v) is 5.50. The molecule has 15 heavy (non-hydrogen) atoms. The lowest BCUT2D eigenvalue weighted by Crippen LogP contribution is -2.31. The van der Waals surface area contributed by atoms with Crippen molar-refractivity contribution in [3.63, 3.8) is 0 Å². The topological polar surface area (TPSA) is 29.9 Å². The lowest BCUT2D eigenvalue weighted by atomic mass is 10.2. The molecule has 0 amide bonds. The number of pyridine rings is 1. The first-order valence-electron chi connectivity index (χ1n) is 5.13. The molecule has 0 aromatic carbocycles. The standard InChI is InChI=1S/C11H12ClN3/c1-7-5-13-6-9-4-8-2-3-10(12)14-11(8)15(7)9/h2-4,7,13H,5-6H2,1H3. The average Bonchev–Trinajstić information content (AvgIpc) is 2.57. The summed E-state index contributed by atoms with van der Waals surface area (Å²) in [5.41, 5.74) is 2.30. The van der Waals surface area contributed by atoms with Crippen LogP contribution in [0.5, 0.6) is 0 Å². The van der Waals surface area contributed by atoms with Gasteiger partial charge in [-0.25, -0.2) is 4.98 Å². The van der Waals surface area contributed by atoms with Crippen LogP contribution in [0.25, 0.3) is 11.0 Å². The number of nitrogens with zero attached hydrogens (tertiary/aromatic N) is 2. The van der Waals surface area contributed by atoms with E-state index >= 15 is 0 Å². The fourth-order valence-corrected chi connectivity index (χ4v) is 2.40. The Kier molecular flexibility index (Phi) is 1.97. The van der Waals surface area contributed by atoms with Gasteiger partial charge in [0.05, 0.1) is 0 Å². The zero-order valence-electron chi connectivity index (χ0n) is 8.50. The van der Waals surface area contributed by atoms with E-state index < -0.39 is 0 Å². The SMILES string of the molecule is CC1CNCc2cc3ccc(Cl)nc3n21. The molecule has 3 heterocycles. The molecule has 1 atom stereocenters. The van der Waals surface area contributed by atoms with Crippen LogP contribution in [0.15, 0.2) is 18.2 Å². The Morgan fingerprint density at radius 1 is 1.53 bits per heavy atom. The van der Waals surface area contributed by atoms with E-state index in [0.717, 1.165) is 18.7 Å². The van der Waals surface area contributed by atoms with E-state index in [-0.39, 0.29) is 0 Å². The van der Waals surface area contributed by atoms with Crippen LogP contribution in [0.2, 0.25) is 5.15 Å². The molecule has 1 N–H and O–H groups in total. The molecule has 0 aliphatic carbocycles. The summed E-state index contributed by atoms with van der Waals surface area (Å²) in [5, 5.41) is 5.12. The molecular formula is C11H12ClN3. The van der Waals surface area contributed by atoms with Gasteiger partial charge in [0.15, 0.2) is 0 Å². The maximum Gasteiger partial charge on any atom is 0.142 e. The monoisotopic (exact) mass is 221 g/mol. The van der Waals surface area contributed by atoms with Crippen molar-refractivity contribution in [3.8, 4) is 0 Å². The second-order valence-electron chi connectivity index (χ2n) is 4.03. The highest BCUT2D eigenvalue weighted by Gasteiger charge is 2.18. The predicted octanol–water partition coefficient (Wildman–Crippen LogP) is 2.35. The van der Waals surface area contributed by atoms with Crippen LogP contribution >= 0.6 is 11.6 Å². The van der Waals surface area contributed by atoms with E-state index in [4.69, 9.17) is 11.6 Å². The molecule has 0 bridgehead atoms. The Bertz CT molecular complexity index is 518. The zero-order chi connectivity index (χ0) is 10.4. The summed E-state index contributed by atoms with van der Waals surface area (Å²) in [5.74, 6) is 0. The summed E-state index contributed by atoms with van der Waals surface area (Å²) in [6.45, 7) is 4.10. The van der Waals surface area contributed by atoms with Crippen molar-refractivity contribution in [1.29, 1.82) is 0 Å². The van der Waals surface area contributed by atoms with Gasteiger partial charge in [-0.1, -0.05) is 11.6 Å². The molecule has 0 spiro atoms. The largest absolute Gasteiger partial charge is 0.324 e. The number of halogens is 1. The van der Waals surface area contributed by atoms with Gasteiger partial charge in [0, 0.05) is 30.2 Å². The molecule has 0 fully saturated rings. The zero-order valence-corrected chi connectivity index (χ0v) is 9.25. The lowest BCUT2D eigenvalue weighted by molar-refractivity contribution is 0.437. The van der Waals surface area contributed by atoms with Crippen LogP contribution in [0, 0.1) is 0 Å². The van der Waals surface area contributed by atoms with Gasteiger partial charge in [-0.05, 0) is 25.1 Å². The maximum absolute atomic E-state index is 5.93. The third-order valence-corrected chi connectivity index (χ3v) is 3.13. The third-order valence-electron chi connectivity index (χ3n) is 2.92. The van der Waals surface area contributed by atoms with Gasteiger partial charge in [0.1, 0.15) is 10.8 Å². The Labute approximate surface area is 93.1 Å². The molecule has 0 radical (unpaired) electrons. The molecule has 3 rings (SSSR count). The second kappa shape index (κ2) is 3.22. The highest BCUT2D eigenvalue weighted by Crippen LogP contribution is 2.26. The summed E-state index contributed by atoms with van der Waals surface area (Å²) in [6.07, 6.45) is 0. The van der Waals surface area contributed by atoms with Gasteiger partial charge < -0.3 is 9.88 Å². The molecular weight excluding hydrogens is 210 g/mol. The first kappa shape index (κ1) is 9.19. The van der Waals surface area contributed by atoms with E-state index in [1.807, 2.05) is 12.1 Å². The summed E-state index contributed by atoms with van der Waals surface area (Å²) in [7, 11) is 0. The quantitative estimate of drug-likeness (QED) is 0.693. The fourth-order valence-electron chi connectivity index (χ4n) is 2.26. The molecule has 0 saturated heterocycles. The van der Waals surface area contributed by atoms with Gasteiger partial charge in [-0.15, -0.1) is 0 Å².